The molecule has 1 aromatic rings. The number of aliphatic carboxylic acids is 1. The van der Waals surface area contributed by atoms with Crippen molar-refractivity contribution in [2.24, 2.45) is 0 Å². The van der Waals surface area contributed by atoms with Crippen LogP contribution in [-0.4, -0.2) is 22.5 Å². The van der Waals surface area contributed by atoms with Crippen molar-refractivity contribution in [3.63, 3.8) is 0 Å². The minimum atomic E-state index is -0.963. The molecule has 1 aromatic carbocycles. The van der Waals surface area contributed by atoms with E-state index >= 15 is 0 Å². The molecule has 0 heterocycles. The van der Waals surface area contributed by atoms with Gasteiger partial charge in [-0.05, 0) is 38.5 Å². The van der Waals surface area contributed by atoms with Crippen LogP contribution >= 0.6 is 11.6 Å². The maximum atomic E-state index is 12.0. The Balaban J connectivity index is 2.85. The number of carboxylic acid groups (broad SMARTS) is 1. The molecule has 0 saturated carbocycles. The van der Waals surface area contributed by atoms with E-state index in [0.717, 1.165) is 5.56 Å². The van der Waals surface area contributed by atoms with Gasteiger partial charge in [-0.1, -0.05) is 17.7 Å². The summed E-state index contributed by atoms with van der Waals surface area (Å²) in [6.45, 7) is 5.18. The van der Waals surface area contributed by atoms with Crippen LogP contribution in [-0.2, 0) is 4.79 Å². The number of hydrogen-bond donors (Lipinski definition) is 2. The number of aryl methyl sites for hydroxylation is 1. The first-order valence-corrected chi connectivity index (χ1v) is 5.89. The highest BCUT2D eigenvalue weighted by molar-refractivity contribution is 6.33. The molecule has 0 spiro atoms. The summed E-state index contributed by atoms with van der Waals surface area (Å²) >= 11 is 5.98. The van der Waals surface area contributed by atoms with Gasteiger partial charge in [-0.3, -0.25) is 9.59 Å². The summed E-state index contributed by atoms with van der Waals surface area (Å²) in [7, 11) is 0. The van der Waals surface area contributed by atoms with Crippen molar-refractivity contribution in [3.05, 3.63) is 34.3 Å². The smallest absolute Gasteiger partial charge is 0.305 e. The fourth-order valence-corrected chi connectivity index (χ4v) is 1.92. The van der Waals surface area contributed by atoms with Crippen LogP contribution in [0, 0.1) is 6.92 Å². The number of hydrogen-bond acceptors (Lipinski definition) is 2. The molecule has 1 rings (SSSR count). The van der Waals surface area contributed by atoms with Crippen molar-refractivity contribution in [1.29, 1.82) is 0 Å². The molecular weight excluding hydrogens is 254 g/mol. The van der Waals surface area contributed by atoms with Crippen LogP contribution in [0.25, 0.3) is 0 Å². The van der Waals surface area contributed by atoms with E-state index in [1.807, 2.05) is 6.92 Å². The van der Waals surface area contributed by atoms with Gasteiger partial charge in [0.1, 0.15) is 0 Å². The Morgan fingerprint density at radius 2 is 2.00 bits per heavy atom. The quantitative estimate of drug-likeness (QED) is 0.883. The van der Waals surface area contributed by atoms with E-state index < -0.39 is 11.5 Å². The van der Waals surface area contributed by atoms with Crippen molar-refractivity contribution >= 4 is 23.5 Å². The van der Waals surface area contributed by atoms with Crippen LogP contribution < -0.4 is 5.32 Å². The largest absolute Gasteiger partial charge is 0.481 e. The van der Waals surface area contributed by atoms with Crippen molar-refractivity contribution in [3.8, 4) is 0 Å². The van der Waals surface area contributed by atoms with Gasteiger partial charge in [0, 0.05) is 5.54 Å². The molecule has 0 aliphatic heterocycles. The van der Waals surface area contributed by atoms with Gasteiger partial charge < -0.3 is 10.4 Å². The number of nitrogens with one attached hydrogen (secondary N) is 1. The van der Waals surface area contributed by atoms with Gasteiger partial charge in [0.2, 0.25) is 0 Å². The summed E-state index contributed by atoms with van der Waals surface area (Å²) in [6, 6.07) is 5.11. The molecule has 0 aliphatic carbocycles. The molecule has 0 bridgehead atoms. The minimum absolute atomic E-state index is 0.151. The Hall–Kier alpha value is -1.55. The maximum Gasteiger partial charge on any atom is 0.305 e. The number of carbonyl (C=O) groups excluding carboxylic acids is 1. The molecule has 0 unspecified atom stereocenters. The van der Waals surface area contributed by atoms with Gasteiger partial charge in [0.05, 0.1) is 17.0 Å². The van der Waals surface area contributed by atoms with E-state index in [-0.39, 0.29) is 12.3 Å². The second-order valence-corrected chi connectivity index (χ2v) is 5.30. The number of carboxylic acids is 1. The lowest BCUT2D eigenvalue weighted by Crippen LogP contribution is -2.45. The van der Waals surface area contributed by atoms with E-state index in [0.29, 0.717) is 10.6 Å². The van der Waals surface area contributed by atoms with Crippen molar-refractivity contribution in [2.45, 2.75) is 32.7 Å². The Kier molecular flexibility index (Phi) is 4.35. The van der Waals surface area contributed by atoms with Crippen LogP contribution in [0.2, 0.25) is 5.02 Å². The van der Waals surface area contributed by atoms with Gasteiger partial charge in [-0.2, -0.15) is 0 Å². The van der Waals surface area contributed by atoms with Gasteiger partial charge in [-0.25, -0.2) is 0 Å². The van der Waals surface area contributed by atoms with Crippen molar-refractivity contribution in [2.75, 3.05) is 0 Å². The molecule has 2 N–H and O–H groups in total. The number of benzene rings is 1. The number of rotatable bonds is 4. The van der Waals surface area contributed by atoms with Gasteiger partial charge in [-0.15, -0.1) is 0 Å². The number of halogens is 1. The Morgan fingerprint density at radius 3 is 2.50 bits per heavy atom. The third kappa shape index (κ3) is 4.04. The summed E-state index contributed by atoms with van der Waals surface area (Å²) in [4.78, 5) is 22.7. The molecule has 18 heavy (non-hydrogen) atoms. The van der Waals surface area contributed by atoms with Crippen LogP contribution in [0.1, 0.15) is 36.2 Å². The first kappa shape index (κ1) is 14.5. The summed E-state index contributed by atoms with van der Waals surface area (Å²) in [6.07, 6.45) is -0.151. The average molecular weight is 270 g/mol. The topological polar surface area (TPSA) is 66.4 Å². The highest BCUT2D eigenvalue weighted by atomic mass is 35.5. The molecule has 0 fully saturated rings. The zero-order valence-electron chi connectivity index (χ0n) is 10.6. The van der Waals surface area contributed by atoms with Crippen molar-refractivity contribution in [1.82, 2.24) is 5.32 Å². The fourth-order valence-electron chi connectivity index (χ4n) is 1.60. The number of carbonyl (C=O) groups is 2. The third-order valence-corrected chi connectivity index (χ3v) is 2.73. The first-order valence-electron chi connectivity index (χ1n) is 5.52. The Morgan fingerprint density at radius 1 is 1.39 bits per heavy atom. The molecule has 5 heteroatoms. The van der Waals surface area contributed by atoms with E-state index in [4.69, 9.17) is 16.7 Å². The highest BCUT2D eigenvalue weighted by Gasteiger charge is 2.25. The minimum Gasteiger partial charge on any atom is -0.481 e. The summed E-state index contributed by atoms with van der Waals surface area (Å²) in [5, 5.41) is 11.8. The molecule has 0 aliphatic rings. The molecule has 0 radical (unpaired) electrons. The molecule has 0 saturated heterocycles. The second kappa shape index (κ2) is 5.40. The highest BCUT2D eigenvalue weighted by Crippen LogP contribution is 2.19. The fraction of sp³-hybridized carbons (Fsp3) is 0.385. The zero-order chi connectivity index (χ0) is 13.9. The number of amides is 1. The molecule has 0 aromatic heterocycles. The lowest BCUT2D eigenvalue weighted by atomic mass is 10.00. The molecule has 98 valence electrons. The van der Waals surface area contributed by atoms with Gasteiger partial charge in [0.25, 0.3) is 5.91 Å². The van der Waals surface area contributed by atoms with Crippen LogP contribution in [0.4, 0.5) is 0 Å². The van der Waals surface area contributed by atoms with Crippen LogP contribution in [0.15, 0.2) is 18.2 Å². The van der Waals surface area contributed by atoms with Gasteiger partial charge >= 0.3 is 5.97 Å². The molecule has 1 amide bonds. The molecule has 4 nitrogen and oxygen atoms in total. The van der Waals surface area contributed by atoms with Crippen LogP contribution in [0.3, 0.4) is 0 Å². The average Bonchev–Trinajstić information content (AvgIpc) is 2.13. The third-order valence-electron chi connectivity index (χ3n) is 2.41. The van der Waals surface area contributed by atoms with E-state index in [1.165, 1.54) is 0 Å². The predicted molar refractivity (Wildman–Crippen MR) is 70.0 cm³/mol. The SMILES string of the molecule is Cc1ccc(C(=O)NC(C)(C)CC(=O)O)c(Cl)c1. The van der Waals surface area contributed by atoms with E-state index in [1.54, 1.807) is 32.0 Å². The van der Waals surface area contributed by atoms with Crippen LogP contribution in [0.5, 0.6) is 0 Å². The predicted octanol–water partition coefficient (Wildman–Crippen LogP) is 2.63. The lowest BCUT2D eigenvalue weighted by Gasteiger charge is -2.24. The lowest BCUT2D eigenvalue weighted by molar-refractivity contribution is -0.138. The summed E-state index contributed by atoms with van der Waals surface area (Å²) < 4.78 is 0. The van der Waals surface area contributed by atoms with Crippen molar-refractivity contribution < 1.29 is 14.7 Å². The molecule has 0 atom stereocenters. The second-order valence-electron chi connectivity index (χ2n) is 4.89. The van der Waals surface area contributed by atoms with Gasteiger partial charge in [0.15, 0.2) is 0 Å². The van der Waals surface area contributed by atoms with E-state index in [9.17, 15) is 9.59 Å². The monoisotopic (exact) mass is 269 g/mol. The maximum absolute atomic E-state index is 12.0. The summed E-state index contributed by atoms with van der Waals surface area (Å²) in [5.41, 5.74) is 0.485. The normalized spacial score (nSPS) is 11.1. The first-order chi connectivity index (χ1) is 8.21. The van der Waals surface area contributed by atoms with E-state index in [2.05, 4.69) is 5.32 Å². The summed E-state index contributed by atoms with van der Waals surface area (Å²) in [5.74, 6) is -1.33. The molecular formula is C13H16ClNO3. The Labute approximate surface area is 111 Å². The Bertz CT molecular complexity index is 483. The zero-order valence-corrected chi connectivity index (χ0v) is 11.3. The standard InChI is InChI=1S/C13H16ClNO3/c1-8-4-5-9(10(14)6-8)12(18)15-13(2,3)7-11(16)17/h4-6H,7H2,1-3H3,(H,15,18)(H,16,17).